The number of amides is 2. The molecule has 0 aromatic heterocycles. The first-order valence-corrected chi connectivity index (χ1v) is 13.6. The first-order chi connectivity index (χ1) is 15.1. The molecule has 0 spiro atoms. The lowest BCUT2D eigenvalue weighted by Gasteiger charge is -2.27. The third-order valence-corrected chi connectivity index (χ3v) is 6.78. The van der Waals surface area contributed by atoms with Gasteiger partial charge in [0.15, 0.2) is 0 Å². The van der Waals surface area contributed by atoms with Gasteiger partial charge >= 0.3 is 0 Å². The van der Waals surface area contributed by atoms with Crippen LogP contribution in [0.4, 0.5) is 0 Å². The maximum absolute atomic E-state index is 12.3. The average Bonchev–Trinajstić information content (AvgIpc) is 3.09. The molecule has 180 valence electrons. The molecule has 1 aliphatic heterocycles. The molecule has 0 saturated carbocycles. The fraction of sp³-hybridized carbons (Fsp3) is 0.857. The molecule has 1 heterocycles. The third kappa shape index (κ3) is 12.5. The summed E-state index contributed by atoms with van der Waals surface area (Å²) >= 11 is 0. The van der Waals surface area contributed by atoms with Crippen molar-refractivity contribution < 1.29 is 9.59 Å². The summed E-state index contributed by atoms with van der Waals surface area (Å²) in [6, 6.07) is -0.00293. The zero-order chi connectivity index (χ0) is 22.7. The summed E-state index contributed by atoms with van der Waals surface area (Å²) in [5, 5.41) is 0. The minimum Gasteiger partial charge on any atom is -0.275 e. The molecule has 0 aromatic rings. The summed E-state index contributed by atoms with van der Waals surface area (Å²) in [6.07, 6.45) is 26.2. The van der Waals surface area contributed by atoms with Gasteiger partial charge < -0.3 is 0 Å². The van der Waals surface area contributed by atoms with Gasteiger partial charge in [-0.25, -0.2) is 0 Å². The maximum Gasteiger partial charge on any atom is 0.230 e. The summed E-state index contributed by atoms with van der Waals surface area (Å²) in [7, 11) is 0. The molecule has 0 radical (unpaired) electrons. The molecule has 1 atom stereocenters. The lowest BCUT2D eigenvalue weighted by atomic mass is 9.97. The summed E-state index contributed by atoms with van der Waals surface area (Å²) in [4.78, 5) is 26.2. The van der Waals surface area contributed by atoms with Crippen LogP contribution in [-0.4, -0.2) is 22.8 Å². The van der Waals surface area contributed by atoms with E-state index >= 15 is 0 Å². The first kappa shape index (κ1) is 27.9. The van der Waals surface area contributed by atoms with Crippen molar-refractivity contribution in [2.24, 2.45) is 0 Å². The number of carbonyl (C=O) groups is 2. The van der Waals surface area contributed by atoms with E-state index in [1.54, 1.807) is 4.90 Å². The smallest absolute Gasteiger partial charge is 0.230 e. The Morgan fingerprint density at radius 3 is 1.61 bits per heavy atom. The Bertz CT molecular complexity index is 495. The number of hydrogen-bond acceptors (Lipinski definition) is 2. The van der Waals surface area contributed by atoms with Gasteiger partial charge in [0.25, 0.3) is 0 Å². The molecule has 3 nitrogen and oxygen atoms in total. The molecule has 1 rings (SSSR count). The molecule has 3 heteroatoms. The average molecular weight is 434 g/mol. The van der Waals surface area contributed by atoms with Crippen molar-refractivity contribution in [2.45, 2.75) is 155 Å². The zero-order valence-corrected chi connectivity index (χ0v) is 21.1. The predicted octanol–water partition coefficient (Wildman–Crippen LogP) is 8.51. The Labute approximate surface area is 193 Å². The van der Waals surface area contributed by atoms with E-state index in [4.69, 9.17) is 0 Å². The van der Waals surface area contributed by atoms with Crippen molar-refractivity contribution in [1.29, 1.82) is 0 Å². The van der Waals surface area contributed by atoms with Crippen LogP contribution in [0.15, 0.2) is 11.6 Å². The van der Waals surface area contributed by atoms with Crippen LogP contribution < -0.4 is 0 Å². The monoisotopic (exact) mass is 433 g/mol. The zero-order valence-electron chi connectivity index (χ0n) is 21.1. The van der Waals surface area contributed by atoms with E-state index < -0.39 is 0 Å². The van der Waals surface area contributed by atoms with Gasteiger partial charge in [0.2, 0.25) is 11.8 Å². The topological polar surface area (TPSA) is 37.4 Å². The van der Waals surface area contributed by atoms with Crippen LogP contribution in [0.1, 0.15) is 149 Å². The van der Waals surface area contributed by atoms with Gasteiger partial charge in [-0.2, -0.15) is 0 Å². The molecule has 31 heavy (non-hydrogen) atoms. The predicted molar refractivity (Wildman–Crippen MR) is 133 cm³/mol. The second-order valence-electron chi connectivity index (χ2n) is 9.65. The number of likely N-dealkylation sites (tertiary alicyclic amines) is 1. The number of imide groups is 1. The Morgan fingerprint density at radius 2 is 1.13 bits per heavy atom. The first-order valence-electron chi connectivity index (χ1n) is 13.6. The van der Waals surface area contributed by atoms with Crippen LogP contribution in [0.25, 0.3) is 0 Å². The Balaban J connectivity index is 2.24. The molecular weight excluding hydrogens is 382 g/mol. The summed E-state index contributed by atoms with van der Waals surface area (Å²) < 4.78 is 0. The SMILES string of the molecule is CCCCC/C=C(\C)C(CCCCCCCCCCCCCCC)N1C(=O)CCC1=O. The highest BCUT2D eigenvalue weighted by Gasteiger charge is 2.35. The molecule has 1 unspecified atom stereocenters. The number of rotatable bonds is 20. The fourth-order valence-corrected chi connectivity index (χ4v) is 4.72. The van der Waals surface area contributed by atoms with E-state index in [0.717, 1.165) is 19.3 Å². The van der Waals surface area contributed by atoms with Crippen LogP contribution in [0, 0.1) is 0 Å². The summed E-state index contributed by atoms with van der Waals surface area (Å²) in [5.41, 5.74) is 1.22. The van der Waals surface area contributed by atoms with E-state index in [2.05, 4.69) is 26.8 Å². The minimum atomic E-state index is -0.00293. The molecule has 1 aliphatic rings. The quantitative estimate of drug-likeness (QED) is 0.110. The molecule has 1 fully saturated rings. The standard InChI is InChI=1S/C28H51NO2/c1-4-6-8-10-11-12-13-14-15-16-17-18-20-22-26(25(3)21-19-9-7-5-2)29-27(30)23-24-28(29)31/h21,26H,4-20,22-24H2,1-3H3/b25-21+. The maximum atomic E-state index is 12.3. The molecule has 2 amide bonds. The van der Waals surface area contributed by atoms with Gasteiger partial charge in [-0.05, 0) is 26.2 Å². The fourth-order valence-electron chi connectivity index (χ4n) is 4.72. The second-order valence-corrected chi connectivity index (χ2v) is 9.65. The van der Waals surface area contributed by atoms with Gasteiger partial charge in [-0.1, -0.05) is 122 Å². The molecule has 1 saturated heterocycles. The number of unbranched alkanes of at least 4 members (excludes halogenated alkanes) is 15. The number of hydrogen-bond donors (Lipinski definition) is 0. The van der Waals surface area contributed by atoms with E-state index in [9.17, 15) is 9.59 Å². The van der Waals surface area contributed by atoms with Crippen molar-refractivity contribution >= 4 is 11.8 Å². The second kappa shape index (κ2) is 18.5. The van der Waals surface area contributed by atoms with Crippen molar-refractivity contribution in [1.82, 2.24) is 4.90 Å². The molecule has 0 aliphatic carbocycles. The highest BCUT2D eigenvalue weighted by molar-refractivity contribution is 6.02. The van der Waals surface area contributed by atoms with Gasteiger partial charge in [0.05, 0.1) is 6.04 Å². The lowest BCUT2D eigenvalue weighted by molar-refractivity contribution is -0.140. The molecule has 0 N–H and O–H groups in total. The highest BCUT2D eigenvalue weighted by Crippen LogP contribution is 2.25. The molecular formula is C28H51NO2. The third-order valence-electron chi connectivity index (χ3n) is 6.78. The molecule has 0 bridgehead atoms. The summed E-state index contributed by atoms with van der Waals surface area (Å²) in [5.74, 6) is 0.0667. The minimum absolute atomic E-state index is 0.00293. The number of allylic oxidation sites excluding steroid dienone is 1. The van der Waals surface area contributed by atoms with Crippen molar-refractivity contribution in [3.8, 4) is 0 Å². The van der Waals surface area contributed by atoms with E-state index in [1.807, 2.05) is 0 Å². The van der Waals surface area contributed by atoms with E-state index in [1.165, 1.54) is 102 Å². The van der Waals surface area contributed by atoms with Crippen LogP contribution in [0.5, 0.6) is 0 Å². The van der Waals surface area contributed by atoms with Crippen molar-refractivity contribution in [3.05, 3.63) is 11.6 Å². The summed E-state index contributed by atoms with van der Waals surface area (Å²) in [6.45, 7) is 6.62. The number of nitrogens with zero attached hydrogens (tertiary/aromatic N) is 1. The Kier molecular flexibility index (Phi) is 16.6. The van der Waals surface area contributed by atoms with Gasteiger partial charge in [0.1, 0.15) is 0 Å². The highest BCUT2D eigenvalue weighted by atomic mass is 16.2. The van der Waals surface area contributed by atoms with Crippen LogP contribution >= 0.6 is 0 Å². The Morgan fingerprint density at radius 1 is 0.710 bits per heavy atom. The molecule has 0 aromatic carbocycles. The van der Waals surface area contributed by atoms with Crippen LogP contribution in [0.2, 0.25) is 0 Å². The normalized spacial score (nSPS) is 15.8. The lowest BCUT2D eigenvalue weighted by Crippen LogP contribution is -2.40. The van der Waals surface area contributed by atoms with Gasteiger partial charge in [-0.3, -0.25) is 14.5 Å². The largest absolute Gasteiger partial charge is 0.275 e. The van der Waals surface area contributed by atoms with Crippen molar-refractivity contribution in [2.75, 3.05) is 0 Å². The van der Waals surface area contributed by atoms with E-state index in [0.29, 0.717) is 12.8 Å². The van der Waals surface area contributed by atoms with Gasteiger partial charge in [0, 0.05) is 12.8 Å². The number of carbonyl (C=O) groups excluding carboxylic acids is 2. The van der Waals surface area contributed by atoms with Crippen molar-refractivity contribution in [3.63, 3.8) is 0 Å². The van der Waals surface area contributed by atoms with Crippen LogP contribution in [0.3, 0.4) is 0 Å². The van der Waals surface area contributed by atoms with E-state index in [-0.39, 0.29) is 17.9 Å². The van der Waals surface area contributed by atoms with Gasteiger partial charge in [-0.15, -0.1) is 0 Å². The Hall–Kier alpha value is -1.12. The van der Waals surface area contributed by atoms with Crippen LogP contribution in [-0.2, 0) is 9.59 Å².